The second kappa shape index (κ2) is 10.1. The summed E-state index contributed by atoms with van der Waals surface area (Å²) >= 11 is 0. The summed E-state index contributed by atoms with van der Waals surface area (Å²) in [7, 11) is 0. The predicted molar refractivity (Wildman–Crippen MR) is 129 cm³/mol. The van der Waals surface area contributed by atoms with Crippen LogP contribution in [0.1, 0.15) is 43.5 Å². The smallest absolute Gasteiger partial charge is 0.345 e. The molecule has 174 valence electrons. The minimum Gasteiger partial charge on any atom is -0.389 e. The Morgan fingerprint density at radius 3 is 2.14 bits per heavy atom. The Balaban J connectivity index is 1.42. The molecular formula is C27H22N4O4. The van der Waals surface area contributed by atoms with Crippen molar-refractivity contribution < 1.29 is 19.1 Å². The first kappa shape index (κ1) is 23.6. The quantitative estimate of drug-likeness (QED) is 0.235. The molecule has 0 amide bonds. The zero-order valence-corrected chi connectivity index (χ0v) is 19.5. The Morgan fingerprint density at radius 1 is 0.829 bits per heavy atom. The van der Waals surface area contributed by atoms with Gasteiger partial charge in [0.2, 0.25) is 0 Å². The highest BCUT2D eigenvalue weighted by Gasteiger charge is 2.17. The van der Waals surface area contributed by atoms with Crippen molar-refractivity contribution in [3.63, 3.8) is 0 Å². The van der Waals surface area contributed by atoms with E-state index in [1.165, 1.54) is 0 Å². The first-order chi connectivity index (χ1) is 16.8. The fraction of sp³-hybridized carbons (Fsp3) is 0.148. The van der Waals surface area contributed by atoms with E-state index in [0.717, 1.165) is 28.8 Å². The minimum absolute atomic E-state index is 0.137. The van der Waals surface area contributed by atoms with E-state index in [4.69, 9.17) is 4.74 Å². The number of benzene rings is 2. The molecule has 0 aliphatic carbocycles. The van der Waals surface area contributed by atoms with E-state index in [1.807, 2.05) is 19.9 Å². The molecule has 35 heavy (non-hydrogen) atoms. The van der Waals surface area contributed by atoms with Crippen LogP contribution in [0, 0.1) is 20.8 Å². The third-order valence-corrected chi connectivity index (χ3v) is 5.48. The van der Waals surface area contributed by atoms with Crippen molar-refractivity contribution in [2.75, 3.05) is 0 Å². The Morgan fingerprint density at radius 2 is 1.49 bits per heavy atom. The van der Waals surface area contributed by atoms with Gasteiger partial charge in [-0.15, -0.1) is 0 Å². The molecule has 0 atom stereocenters. The lowest BCUT2D eigenvalue weighted by Crippen LogP contribution is -2.16. The lowest BCUT2D eigenvalue weighted by Gasteiger charge is -2.08. The highest BCUT2D eigenvalue weighted by Crippen LogP contribution is 2.21. The third-order valence-electron chi connectivity index (χ3n) is 5.48. The molecule has 0 fully saturated rings. The Bertz CT molecular complexity index is 1410. The molecule has 2 aromatic heterocycles. The van der Waals surface area contributed by atoms with E-state index in [0.29, 0.717) is 28.3 Å². The van der Waals surface area contributed by atoms with E-state index >= 15 is 0 Å². The summed E-state index contributed by atoms with van der Waals surface area (Å²) in [6, 6.07) is 13.6. The van der Waals surface area contributed by atoms with Crippen molar-refractivity contribution in [3.05, 3.63) is 94.8 Å². The number of aryl methyl sites for hydroxylation is 3. The van der Waals surface area contributed by atoms with Crippen molar-refractivity contribution in [3.8, 4) is 22.5 Å². The highest BCUT2D eigenvalue weighted by molar-refractivity contribution is 5.97. The second-order valence-corrected chi connectivity index (χ2v) is 7.97. The van der Waals surface area contributed by atoms with Crippen molar-refractivity contribution in [1.82, 2.24) is 19.9 Å². The Kier molecular flexibility index (Phi) is 6.82. The molecule has 0 saturated heterocycles. The molecule has 0 aliphatic heterocycles. The topological polar surface area (TPSA) is 112 Å². The van der Waals surface area contributed by atoms with E-state index in [9.17, 15) is 14.4 Å². The number of aldehydes is 1. The van der Waals surface area contributed by atoms with Crippen LogP contribution in [-0.2, 0) is 16.0 Å². The van der Waals surface area contributed by atoms with Gasteiger partial charge in [0.15, 0.2) is 0 Å². The average molecular weight is 466 g/mol. The van der Waals surface area contributed by atoms with Gasteiger partial charge < -0.3 is 4.74 Å². The molecular weight excluding hydrogens is 444 g/mol. The lowest BCUT2D eigenvalue weighted by molar-refractivity contribution is -0.137. The van der Waals surface area contributed by atoms with Gasteiger partial charge in [0.25, 0.3) is 0 Å². The number of rotatable bonds is 6. The maximum absolute atomic E-state index is 12.4. The van der Waals surface area contributed by atoms with Crippen LogP contribution in [0.4, 0.5) is 0 Å². The number of nitrogens with zero attached hydrogens (tertiary/aromatic N) is 4. The van der Waals surface area contributed by atoms with Gasteiger partial charge in [0, 0.05) is 16.7 Å². The zero-order chi connectivity index (χ0) is 24.9. The molecule has 0 aliphatic rings. The van der Waals surface area contributed by atoms with Crippen molar-refractivity contribution >= 4 is 18.2 Å². The van der Waals surface area contributed by atoms with Crippen LogP contribution in [0.25, 0.3) is 22.5 Å². The van der Waals surface area contributed by atoms with Gasteiger partial charge in [0.1, 0.15) is 6.29 Å². The van der Waals surface area contributed by atoms with Crippen LogP contribution in [-0.4, -0.2) is 38.2 Å². The van der Waals surface area contributed by atoms with E-state index in [1.54, 1.807) is 61.8 Å². The molecule has 0 N–H and O–H groups in total. The standard InChI is InChI=1S/C27H22N4O4/c1-16-17(2)31-23(18(3)30-16)12-26(33)35-27(34)21-9-7-20(8-10-21)24-13-29-25(14-28-24)22-6-4-5-19(11-22)15-32/h4-11,13-15H,12H2,1-3H3. The fourth-order valence-electron chi connectivity index (χ4n) is 3.44. The Hall–Kier alpha value is -4.59. The number of aromatic nitrogens is 4. The van der Waals surface area contributed by atoms with Crippen LogP contribution < -0.4 is 0 Å². The van der Waals surface area contributed by atoms with Crippen molar-refractivity contribution in [2.45, 2.75) is 27.2 Å². The molecule has 0 bridgehead atoms. The van der Waals surface area contributed by atoms with Crippen LogP contribution in [0.2, 0.25) is 0 Å². The molecule has 4 rings (SSSR count). The van der Waals surface area contributed by atoms with Gasteiger partial charge in [-0.2, -0.15) is 0 Å². The van der Waals surface area contributed by atoms with Crippen molar-refractivity contribution in [1.29, 1.82) is 0 Å². The number of hydrogen-bond donors (Lipinski definition) is 0. The number of carbonyl (C=O) groups excluding carboxylic acids is 3. The summed E-state index contributed by atoms with van der Waals surface area (Å²) in [5.41, 5.74) is 6.22. The van der Waals surface area contributed by atoms with Crippen LogP contribution in [0.3, 0.4) is 0 Å². The number of hydrogen-bond acceptors (Lipinski definition) is 8. The lowest BCUT2D eigenvalue weighted by atomic mass is 10.1. The zero-order valence-electron chi connectivity index (χ0n) is 19.5. The summed E-state index contributed by atoms with van der Waals surface area (Å²) in [4.78, 5) is 53.3. The van der Waals surface area contributed by atoms with Crippen LogP contribution >= 0.6 is 0 Å². The van der Waals surface area contributed by atoms with Crippen LogP contribution in [0.15, 0.2) is 60.9 Å². The third kappa shape index (κ3) is 5.50. The SMILES string of the molecule is Cc1nc(C)c(CC(=O)OC(=O)c2ccc(-c3cnc(-c4cccc(C=O)c4)cn3)cc2)nc1C. The van der Waals surface area contributed by atoms with Crippen molar-refractivity contribution in [2.24, 2.45) is 0 Å². The summed E-state index contributed by atoms with van der Waals surface area (Å²) in [6.45, 7) is 5.42. The normalized spacial score (nSPS) is 10.6. The molecule has 0 unspecified atom stereocenters. The molecule has 0 spiro atoms. The summed E-state index contributed by atoms with van der Waals surface area (Å²) in [5.74, 6) is -1.44. The van der Waals surface area contributed by atoms with E-state index < -0.39 is 11.9 Å². The van der Waals surface area contributed by atoms with Gasteiger partial charge in [-0.1, -0.05) is 30.3 Å². The predicted octanol–water partition coefficient (Wildman–Crippen LogP) is 4.26. The van der Waals surface area contributed by atoms with E-state index in [-0.39, 0.29) is 12.0 Å². The van der Waals surface area contributed by atoms with Gasteiger partial charge in [0.05, 0.1) is 58.5 Å². The summed E-state index contributed by atoms with van der Waals surface area (Å²) in [5, 5.41) is 0. The fourth-order valence-corrected chi connectivity index (χ4v) is 3.44. The summed E-state index contributed by atoms with van der Waals surface area (Å²) < 4.78 is 5.00. The number of esters is 2. The largest absolute Gasteiger partial charge is 0.389 e. The molecule has 8 heteroatoms. The van der Waals surface area contributed by atoms with Crippen LogP contribution in [0.5, 0.6) is 0 Å². The molecule has 4 aromatic rings. The monoisotopic (exact) mass is 466 g/mol. The molecule has 2 aromatic carbocycles. The molecule has 0 saturated carbocycles. The summed E-state index contributed by atoms with van der Waals surface area (Å²) in [6.07, 6.45) is 3.88. The first-order valence-corrected chi connectivity index (χ1v) is 10.9. The Labute approximate surface area is 202 Å². The second-order valence-electron chi connectivity index (χ2n) is 7.97. The van der Waals surface area contributed by atoms with E-state index in [2.05, 4.69) is 19.9 Å². The van der Waals surface area contributed by atoms with Gasteiger partial charge >= 0.3 is 11.9 Å². The van der Waals surface area contributed by atoms with Gasteiger partial charge in [-0.3, -0.25) is 29.5 Å². The molecule has 8 nitrogen and oxygen atoms in total. The first-order valence-electron chi connectivity index (χ1n) is 10.9. The average Bonchev–Trinajstić information content (AvgIpc) is 2.87. The molecule has 0 radical (unpaired) electrons. The minimum atomic E-state index is -0.743. The van der Waals surface area contributed by atoms with Gasteiger partial charge in [-0.05, 0) is 39.0 Å². The maximum atomic E-state index is 12.4. The number of carbonyl (C=O) groups is 3. The highest BCUT2D eigenvalue weighted by atomic mass is 16.6. The molecule has 2 heterocycles. The van der Waals surface area contributed by atoms with Gasteiger partial charge in [-0.25, -0.2) is 4.79 Å². The maximum Gasteiger partial charge on any atom is 0.345 e. The number of ether oxygens (including phenoxy) is 1.